The molecule has 7 nitrogen and oxygen atoms in total. The van der Waals surface area contributed by atoms with Gasteiger partial charge in [0.2, 0.25) is 0 Å². The lowest BCUT2D eigenvalue weighted by Gasteiger charge is -2.06. The average molecular weight is 351 g/mol. The highest BCUT2D eigenvalue weighted by Crippen LogP contribution is 2.10. The standard InChI is InChI=1S/C18H25NO6/c1-2-3-4-5-6-7-8-13-16(20)24-25-19-17(21)14-11-9-10-12-15(14)18(22)23/h9-12H,2-8,13H2,1H3,(H,19,21)(H,22,23). The quantitative estimate of drug-likeness (QED) is 0.339. The number of hydrogen-bond acceptors (Lipinski definition) is 5. The summed E-state index contributed by atoms with van der Waals surface area (Å²) >= 11 is 0. The molecule has 0 aliphatic carbocycles. The number of aromatic carboxylic acids is 1. The van der Waals surface area contributed by atoms with E-state index in [2.05, 4.69) is 16.8 Å². The highest BCUT2D eigenvalue weighted by molar-refractivity contribution is 6.04. The molecule has 1 aromatic rings. The molecule has 0 aromatic heterocycles. The van der Waals surface area contributed by atoms with Gasteiger partial charge in [-0.3, -0.25) is 9.68 Å². The molecule has 0 unspecified atom stereocenters. The van der Waals surface area contributed by atoms with Gasteiger partial charge in [-0.2, -0.15) is 5.48 Å². The van der Waals surface area contributed by atoms with E-state index in [1.807, 2.05) is 5.48 Å². The average Bonchev–Trinajstić information content (AvgIpc) is 2.60. The molecule has 0 saturated carbocycles. The third kappa shape index (κ3) is 8.30. The summed E-state index contributed by atoms with van der Waals surface area (Å²) < 4.78 is 0. The maximum Gasteiger partial charge on any atom is 0.345 e. The van der Waals surface area contributed by atoms with E-state index in [9.17, 15) is 14.4 Å². The summed E-state index contributed by atoms with van der Waals surface area (Å²) in [6, 6.07) is 5.66. The van der Waals surface area contributed by atoms with Crippen molar-refractivity contribution >= 4 is 17.8 Å². The number of carboxylic acid groups (broad SMARTS) is 1. The number of nitrogens with one attached hydrogen (secondary N) is 1. The van der Waals surface area contributed by atoms with E-state index in [0.29, 0.717) is 6.42 Å². The Morgan fingerprint density at radius 2 is 1.56 bits per heavy atom. The molecule has 25 heavy (non-hydrogen) atoms. The number of carbonyl (C=O) groups is 3. The second kappa shape index (κ2) is 12.0. The van der Waals surface area contributed by atoms with E-state index in [1.165, 1.54) is 49.9 Å². The van der Waals surface area contributed by atoms with Gasteiger partial charge < -0.3 is 5.11 Å². The van der Waals surface area contributed by atoms with E-state index in [0.717, 1.165) is 12.8 Å². The highest BCUT2D eigenvalue weighted by atomic mass is 17.3. The van der Waals surface area contributed by atoms with Crippen LogP contribution in [0.4, 0.5) is 0 Å². The third-order valence-corrected chi connectivity index (χ3v) is 3.66. The van der Waals surface area contributed by atoms with Gasteiger partial charge in [0.05, 0.1) is 11.1 Å². The summed E-state index contributed by atoms with van der Waals surface area (Å²) in [6.07, 6.45) is 7.74. The normalized spacial score (nSPS) is 10.3. The zero-order valence-electron chi connectivity index (χ0n) is 14.5. The van der Waals surface area contributed by atoms with Crippen LogP contribution in [0.2, 0.25) is 0 Å². The molecule has 1 amide bonds. The SMILES string of the molecule is CCCCCCCCCC(=O)OONC(=O)c1ccccc1C(=O)O. The van der Waals surface area contributed by atoms with Crippen LogP contribution in [0.25, 0.3) is 0 Å². The molecule has 0 atom stereocenters. The summed E-state index contributed by atoms with van der Waals surface area (Å²) in [4.78, 5) is 43.2. The van der Waals surface area contributed by atoms with Crippen molar-refractivity contribution in [2.45, 2.75) is 58.3 Å². The number of hydrogen-bond donors (Lipinski definition) is 2. The lowest BCUT2D eigenvalue weighted by atomic mass is 10.1. The van der Waals surface area contributed by atoms with Gasteiger partial charge in [-0.05, 0) is 18.6 Å². The Labute approximate surface area is 147 Å². The zero-order chi connectivity index (χ0) is 18.5. The highest BCUT2D eigenvalue weighted by Gasteiger charge is 2.16. The lowest BCUT2D eigenvalue weighted by Crippen LogP contribution is -2.27. The van der Waals surface area contributed by atoms with E-state index in [1.54, 1.807) is 0 Å². The Kier molecular flexibility index (Phi) is 9.92. The van der Waals surface area contributed by atoms with Crippen LogP contribution >= 0.6 is 0 Å². The predicted octanol–water partition coefficient (Wildman–Crippen LogP) is 3.65. The molecule has 0 aliphatic rings. The van der Waals surface area contributed by atoms with E-state index >= 15 is 0 Å². The first-order valence-corrected chi connectivity index (χ1v) is 8.55. The van der Waals surface area contributed by atoms with Gasteiger partial charge in [0.25, 0.3) is 5.91 Å². The van der Waals surface area contributed by atoms with Crippen LogP contribution in [0.1, 0.15) is 79.0 Å². The number of rotatable bonds is 12. The first-order chi connectivity index (χ1) is 12.1. The second-order valence-corrected chi connectivity index (χ2v) is 5.69. The van der Waals surface area contributed by atoms with Crippen molar-refractivity contribution < 1.29 is 29.4 Å². The summed E-state index contributed by atoms with van der Waals surface area (Å²) in [5, 5.41) is 9.01. The molecule has 0 heterocycles. The molecule has 0 radical (unpaired) electrons. The largest absolute Gasteiger partial charge is 0.478 e. The van der Waals surface area contributed by atoms with Gasteiger partial charge in [0, 0.05) is 6.42 Å². The topological polar surface area (TPSA) is 102 Å². The molecule has 1 rings (SSSR count). The fraction of sp³-hybridized carbons (Fsp3) is 0.500. The molecule has 0 saturated heterocycles. The van der Waals surface area contributed by atoms with Crippen molar-refractivity contribution in [1.82, 2.24) is 5.48 Å². The summed E-state index contributed by atoms with van der Waals surface area (Å²) in [7, 11) is 0. The Morgan fingerprint density at radius 3 is 2.20 bits per heavy atom. The number of benzene rings is 1. The summed E-state index contributed by atoms with van der Waals surface area (Å²) in [6.45, 7) is 2.16. The summed E-state index contributed by atoms with van der Waals surface area (Å²) in [5.74, 6) is -2.62. The Morgan fingerprint density at radius 1 is 0.960 bits per heavy atom. The maximum atomic E-state index is 11.8. The predicted molar refractivity (Wildman–Crippen MR) is 90.7 cm³/mol. The van der Waals surface area contributed by atoms with Crippen LogP contribution in [-0.4, -0.2) is 23.0 Å². The molecule has 7 heteroatoms. The lowest BCUT2D eigenvalue weighted by molar-refractivity contribution is -0.297. The molecule has 0 bridgehead atoms. The van der Waals surface area contributed by atoms with Gasteiger partial charge in [0.15, 0.2) is 0 Å². The van der Waals surface area contributed by atoms with Crippen molar-refractivity contribution in [2.24, 2.45) is 0 Å². The van der Waals surface area contributed by atoms with Gasteiger partial charge in [-0.25, -0.2) is 9.59 Å². The molecular formula is C18H25NO6. The minimum absolute atomic E-state index is 0.0851. The molecule has 0 aliphatic heterocycles. The van der Waals surface area contributed by atoms with Crippen molar-refractivity contribution in [1.29, 1.82) is 0 Å². The smallest absolute Gasteiger partial charge is 0.345 e. The first kappa shape index (κ1) is 20.6. The van der Waals surface area contributed by atoms with E-state index in [-0.39, 0.29) is 17.5 Å². The van der Waals surface area contributed by atoms with Gasteiger partial charge in [0.1, 0.15) is 0 Å². The number of amides is 1. The van der Waals surface area contributed by atoms with Crippen LogP contribution in [0.3, 0.4) is 0 Å². The van der Waals surface area contributed by atoms with Crippen molar-refractivity contribution in [3.8, 4) is 0 Å². The molecule has 0 fully saturated rings. The fourth-order valence-corrected chi connectivity index (χ4v) is 2.30. The minimum Gasteiger partial charge on any atom is -0.478 e. The molecule has 0 spiro atoms. The number of carboxylic acids is 1. The summed E-state index contributed by atoms with van der Waals surface area (Å²) in [5.41, 5.74) is 1.65. The van der Waals surface area contributed by atoms with E-state index in [4.69, 9.17) is 5.11 Å². The third-order valence-electron chi connectivity index (χ3n) is 3.66. The maximum absolute atomic E-state index is 11.8. The van der Waals surface area contributed by atoms with Crippen LogP contribution in [0, 0.1) is 0 Å². The Hall–Kier alpha value is -2.41. The molecule has 1 aromatic carbocycles. The van der Waals surface area contributed by atoms with Crippen LogP contribution in [0.5, 0.6) is 0 Å². The van der Waals surface area contributed by atoms with Gasteiger partial charge in [-0.15, -0.1) is 0 Å². The monoisotopic (exact) mass is 351 g/mol. The van der Waals surface area contributed by atoms with E-state index < -0.39 is 17.8 Å². The molecule has 2 N–H and O–H groups in total. The van der Waals surface area contributed by atoms with Crippen LogP contribution in [0.15, 0.2) is 24.3 Å². The zero-order valence-corrected chi connectivity index (χ0v) is 14.5. The van der Waals surface area contributed by atoms with Crippen LogP contribution < -0.4 is 5.48 Å². The number of carbonyl (C=O) groups excluding carboxylic acids is 2. The molecule has 138 valence electrons. The van der Waals surface area contributed by atoms with Gasteiger partial charge >= 0.3 is 11.9 Å². The fourth-order valence-electron chi connectivity index (χ4n) is 2.30. The van der Waals surface area contributed by atoms with Crippen molar-refractivity contribution in [3.63, 3.8) is 0 Å². The van der Waals surface area contributed by atoms with Gasteiger partial charge in [-0.1, -0.05) is 62.6 Å². The number of unbranched alkanes of at least 4 members (excludes halogenated alkanes) is 6. The first-order valence-electron chi connectivity index (χ1n) is 8.55. The Bertz CT molecular complexity index is 572. The van der Waals surface area contributed by atoms with Crippen molar-refractivity contribution in [2.75, 3.05) is 0 Å². The van der Waals surface area contributed by atoms with Crippen molar-refractivity contribution in [3.05, 3.63) is 35.4 Å². The minimum atomic E-state index is -1.23. The Balaban J connectivity index is 2.21. The van der Waals surface area contributed by atoms with Crippen LogP contribution in [-0.2, 0) is 14.7 Å². The number of hydroxylamine groups is 1. The second-order valence-electron chi connectivity index (χ2n) is 5.69. The molecular weight excluding hydrogens is 326 g/mol.